The molecular formula is C16H21ClN2O. The number of carbonyl (C=O) groups is 1. The van der Waals surface area contributed by atoms with Crippen LogP contribution in [0.2, 0.25) is 5.02 Å². The molecule has 4 heteroatoms. The van der Waals surface area contributed by atoms with E-state index >= 15 is 0 Å². The van der Waals surface area contributed by atoms with Gasteiger partial charge in [-0.05, 0) is 31.4 Å². The first-order valence-electron chi connectivity index (χ1n) is 6.86. The van der Waals surface area contributed by atoms with Crippen molar-refractivity contribution < 1.29 is 4.79 Å². The fraction of sp³-hybridized carbons (Fsp3) is 0.500. The zero-order valence-electron chi connectivity index (χ0n) is 12.5. The minimum absolute atomic E-state index is 0.141. The standard InChI is InChI=1S/C16H21ClN2O/c1-5-16(6-2,11-18)15(20)19(4)12(3)13-9-7-8-10-14(13)17/h7-10,12H,5-6H2,1-4H3. The van der Waals surface area contributed by atoms with Gasteiger partial charge in [0, 0.05) is 12.1 Å². The van der Waals surface area contributed by atoms with Crippen LogP contribution < -0.4 is 0 Å². The Labute approximate surface area is 126 Å². The number of nitrogens with zero attached hydrogens (tertiary/aromatic N) is 2. The summed E-state index contributed by atoms with van der Waals surface area (Å²) in [5.74, 6) is -0.141. The Bertz CT molecular complexity index is 517. The molecule has 0 bridgehead atoms. The minimum Gasteiger partial charge on any atom is -0.338 e. The van der Waals surface area contributed by atoms with Crippen molar-refractivity contribution in [2.75, 3.05) is 7.05 Å². The van der Waals surface area contributed by atoms with Crippen molar-refractivity contribution in [2.45, 2.75) is 39.7 Å². The highest BCUT2D eigenvalue weighted by Crippen LogP contribution is 2.33. The molecule has 0 saturated heterocycles. The molecule has 0 saturated carbocycles. The van der Waals surface area contributed by atoms with Crippen LogP contribution in [0.15, 0.2) is 24.3 Å². The van der Waals surface area contributed by atoms with Crippen LogP contribution >= 0.6 is 11.6 Å². The molecule has 108 valence electrons. The van der Waals surface area contributed by atoms with Crippen LogP contribution in [0.3, 0.4) is 0 Å². The third kappa shape index (κ3) is 2.96. The monoisotopic (exact) mass is 292 g/mol. The average molecular weight is 293 g/mol. The predicted molar refractivity (Wildman–Crippen MR) is 81.3 cm³/mol. The van der Waals surface area contributed by atoms with Gasteiger partial charge in [0.1, 0.15) is 5.41 Å². The van der Waals surface area contributed by atoms with Gasteiger partial charge in [0.2, 0.25) is 5.91 Å². The molecule has 1 amide bonds. The van der Waals surface area contributed by atoms with Gasteiger partial charge >= 0.3 is 0 Å². The van der Waals surface area contributed by atoms with Crippen LogP contribution in [0.5, 0.6) is 0 Å². The molecule has 0 aliphatic rings. The van der Waals surface area contributed by atoms with Gasteiger partial charge in [-0.15, -0.1) is 0 Å². The van der Waals surface area contributed by atoms with Crippen LogP contribution in [0.1, 0.15) is 45.2 Å². The van der Waals surface area contributed by atoms with E-state index in [1.807, 2.05) is 45.0 Å². The first-order chi connectivity index (χ1) is 9.43. The lowest BCUT2D eigenvalue weighted by Crippen LogP contribution is -2.41. The molecule has 3 nitrogen and oxygen atoms in total. The van der Waals surface area contributed by atoms with Crippen molar-refractivity contribution in [1.29, 1.82) is 5.26 Å². The summed E-state index contributed by atoms with van der Waals surface area (Å²) in [7, 11) is 1.73. The molecule has 1 aromatic carbocycles. The maximum absolute atomic E-state index is 12.6. The zero-order valence-corrected chi connectivity index (χ0v) is 13.2. The second-order valence-corrected chi connectivity index (χ2v) is 5.42. The van der Waals surface area contributed by atoms with Gasteiger partial charge in [-0.2, -0.15) is 5.26 Å². The molecule has 0 aliphatic heterocycles. The van der Waals surface area contributed by atoms with Gasteiger partial charge in [0.15, 0.2) is 0 Å². The minimum atomic E-state index is -0.940. The van der Waals surface area contributed by atoms with Crippen molar-refractivity contribution in [3.8, 4) is 6.07 Å². The van der Waals surface area contributed by atoms with Crippen LogP contribution in [-0.4, -0.2) is 17.9 Å². The van der Waals surface area contributed by atoms with Gasteiger partial charge in [-0.25, -0.2) is 0 Å². The highest BCUT2D eigenvalue weighted by atomic mass is 35.5. The molecule has 1 aromatic rings. The normalized spacial score (nSPS) is 12.6. The summed E-state index contributed by atoms with van der Waals surface area (Å²) in [5.41, 5.74) is -0.0476. The smallest absolute Gasteiger partial charge is 0.243 e. The van der Waals surface area contributed by atoms with Crippen LogP contribution in [0.25, 0.3) is 0 Å². The molecule has 1 unspecified atom stereocenters. The summed E-state index contributed by atoms with van der Waals surface area (Å²) in [6, 6.07) is 9.50. The average Bonchev–Trinajstić information content (AvgIpc) is 2.48. The number of carbonyl (C=O) groups excluding carboxylic acids is 1. The number of hydrogen-bond donors (Lipinski definition) is 0. The summed E-state index contributed by atoms with van der Waals surface area (Å²) in [4.78, 5) is 14.3. The van der Waals surface area contributed by atoms with Crippen LogP contribution in [-0.2, 0) is 4.79 Å². The maximum Gasteiger partial charge on any atom is 0.243 e. The molecule has 0 aromatic heterocycles. The topological polar surface area (TPSA) is 44.1 Å². The van der Waals surface area contributed by atoms with Gasteiger partial charge in [-0.3, -0.25) is 4.79 Å². The first-order valence-corrected chi connectivity index (χ1v) is 7.24. The first kappa shape index (κ1) is 16.5. The van der Waals surface area contributed by atoms with E-state index in [9.17, 15) is 10.1 Å². The van der Waals surface area contributed by atoms with Crippen molar-refractivity contribution in [1.82, 2.24) is 4.90 Å². The Morgan fingerprint density at radius 1 is 1.40 bits per heavy atom. The highest BCUT2D eigenvalue weighted by Gasteiger charge is 2.38. The zero-order chi connectivity index (χ0) is 15.3. The number of benzene rings is 1. The van der Waals surface area contributed by atoms with E-state index in [-0.39, 0.29) is 11.9 Å². The quantitative estimate of drug-likeness (QED) is 0.817. The van der Waals surface area contributed by atoms with Crippen LogP contribution in [0.4, 0.5) is 0 Å². The van der Waals surface area contributed by atoms with E-state index in [4.69, 9.17) is 11.6 Å². The number of nitriles is 1. The van der Waals surface area contributed by atoms with Gasteiger partial charge in [0.25, 0.3) is 0 Å². The number of amides is 1. The van der Waals surface area contributed by atoms with Crippen molar-refractivity contribution in [3.05, 3.63) is 34.9 Å². The SMILES string of the molecule is CCC(C#N)(CC)C(=O)N(C)C(C)c1ccccc1Cl. The van der Waals surface area contributed by atoms with Crippen molar-refractivity contribution >= 4 is 17.5 Å². The summed E-state index contributed by atoms with van der Waals surface area (Å²) in [5, 5.41) is 10.0. The second-order valence-electron chi connectivity index (χ2n) is 5.01. The Morgan fingerprint density at radius 3 is 2.40 bits per heavy atom. The van der Waals surface area contributed by atoms with E-state index in [0.717, 1.165) is 5.56 Å². The third-order valence-corrected chi connectivity index (χ3v) is 4.43. The summed E-state index contributed by atoms with van der Waals surface area (Å²) >= 11 is 6.18. The highest BCUT2D eigenvalue weighted by molar-refractivity contribution is 6.31. The Kier molecular flexibility index (Phi) is 5.59. The molecular weight excluding hydrogens is 272 g/mol. The van der Waals surface area contributed by atoms with Gasteiger partial charge < -0.3 is 4.90 Å². The van der Waals surface area contributed by atoms with E-state index < -0.39 is 5.41 Å². The van der Waals surface area contributed by atoms with Gasteiger partial charge in [-0.1, -0.05) is 43.6 Å². The molecule has 0 heterocycles. The van der Waals surface area contributed by atoms with E-state index in [2.05, 4.69) is 6.07 Å². The fourth-order valence-corrected chi connectivity index (χ4v) is 2.59. The van der Waals surface area contributed by atoms with Crippen molar-refractivity contribution in [3.63, 3.8) is 0 Å². The molecule has 0 fully saturated rings. The lowest BCUT2D eigenvalue weighted by molar-refractivity contribution is -0.140. The van der Waals surface area contributed by atoms with E-state index in [1.165, 1.54) is 0 Å². The molecule has 1 rings (SSSR count). The predicted octanol–water partition coefficient (Wildman–Crippen LogP) is 4.19. The lowest BCUT2D eigenvalue weighted by Gasteiger charge is -2.33. The molecule has 0 spiro atoms. The summed E-state index contributed by atoms with van der Waals surface area (Å²) in [6.45, 7) is 5.67. The largest absolute Gasteiger partial charge is 0.338 e. The van der Waals surface area contributed by atoms with Crippen LogP contribution in [0, 0.1) is 16.7 Å². The molecule has 0 radical (unpaired) electrons. The number of hydrogen-bond acceptors (Lipinski definition) is 2. The fourth-order valence-electron chi connectivity index (χ4n) is 2.29. The molecule has 1 atom stereocenters. The Hall–Kier alpha value is -1.53. The van der Waals surface area contributed by atoms with E-state index in [0.29, 0.717) is 17.9 Å². The Morgan fingerprint density at radius 2 is 1.95 bits per heavy atom. The lowest BCUT2D eigenvalue weighted by atomic mass is 9.82. The molecule has 0 N–H and O–H groups in total. The molecule has 0 aliphatic carbocycles. The third-order valence-electron chi connectivity index (χ3n) is 4.09. The Balaban J connectivity index is 3.06. The second kappa shape index (κ2) is 6.76. The van der Waals surface area contributed by atoms with Crippen molar-refractivity contribution in [2.24, 2.45) is 5.41 Å². The van der Waals surface area contributed by atoms with Gasteiger partial charge in [0.05, 0.1) is 12.1 Å². The summed E-state index contributed by atoms with van der Waals surface area (Å²) < 4.78 is 0. The molecule has 20 heavy (non-hydrogen) atoms. The maximum atomic E-state index is 12.6. The number of halogens is 1. The van der Waals surface area contributed by atoms with E-state index in [1.54, 1.807) is 11.9 Å². The summed E-state index contributed by atoms with van der Waals surface area (Å²) in [6.07, 6.45) is 1.02. The number of rotatable bonds is 5.